The van der Waals surface area contributed by atoms with E-state index in [0.717, 1.165) is 12.1 Å². The summed E-state index contributed by atoms with van der Waals surface area (Å²) >= 11 is 6.30. The Morgan fingerprint density at radius 2 is 2.29 bits per heavy atom. The molecule has 1 aromatic heterocycles. The number of ether oxygens (including phenoxy) is 1. The molecule has 0 fully saturated rings. The fourth-order valence-corrected chi connectivity index (χ4v) is 2.24. The molecule has 0 aliphatic heterocycles. The number of nitrogens with zero attached hydrogens (tertiary/aromatic N) is 3. The summed E-state index contributed by atoms with van der Waals surface area (Å²) < 4.78 is 6.03. The Hall–Kier alpha value is -1.92. The van der Waals surface area contributed by atoms with Crippen LogP contribution in [0.1, 0.15) is 36.1 Å². The van der Waals surface area contributed by atoms with Gasteiger partial charge in [0.05, 0.1) is 17.8 Å². The van der Waals surface area contributed by atoms with E-state index in [1.54, 1.807) is 0 Å². The number of nitrogens with one attached hydrogen (secondary N) is 1. The lowest BCUT2D eigenvalue weighted by Gasteiger charge is -2.14. The summed E-state index contributed by atoms with van der Waals surface area (Å²) in [6, 6.07) is 5.90. The van der Waals surface area contributed by atoms with Gasteiger partial charge in [0.15, 0.2) is 0 Å². The fraction of sp³-hybridized carbons (Fsp3) is 0.357. The number of carbonyl (C=O) groups is 1. The number of aromatic nitrogens is 3. The van der Waals surface area contributed by atoms with E-state index in [9.17, 15) is 4.79 Å². The van der Waals surface area contributed by atoms with Gasteiger partial charge in [0.1, 0.15) is 6.33 Å². The Labute approximate surface area is 128 Å². The van der Waals surface area contributed by atoms with E-state index in [-0.39, 0.29) is 11.9 Å². The zero-order valence-electron chi connectivity index (χ0n) is 12.1. The molecule has 0 saturated carbocycles. The third kappa shape index (κ3) is 3.40. The van der Waals surface area contributed by atoms with Gasteiger partial charge < -0.3 is 10.1 Å². The minimum atomic E-state index is -0.581. The van der Waals surface area contributed by atoms with Crippen LogP contribution in [0.3, 0.4) is 0 Å². The number of benzene rings is 1. The van der Waals surface area contributed by atoms with Crippen molar-refractivity contribution in [3.05, 3.63) is 40.9 Å². The molecule has 0 radical (unpaired) electrons. The van der Waals surface area contributed by atoms with Crippen molar-refractivity contribution in [2.24, 2.45) is 0 Å². The lowest BCUT2D eigenvalue weighted by Crippen LogP contribution is -2.17. The van der Waals surface area contributed by atoms with Gasteiger partial charge >= 0.3 is 5.97 Å². The first-order valence-electron chi connectivity index (χ1n) is 6.60. The summed E-state index contributed by atoms with van der Waals surface area (Å²) in [5, 5.41) is 7.91. The van der Waals surface area contributed by atoms with Gasteiger partial charge in [0.25, 0.3) is 5.82 Å². The van der Waals surface area contributed by atoms with Crippen molar-refractivity contribution >= 4 is 17.6 Å². The fourth-order valence-electron chi connectivity index (χ4n) is 1.97. The monoisotopic (exact) mass is 308 g/mol. The van der Waals surface area contributed by atoms with E-state index in [0.29, 0.717) is 10.7 Å². The average molecular weight is 309 g/mol. The van der Waals surface area contributed by atoms with Crippen LogP contribution in [0.25, 0.3) is 5.69 Å². The van der Waals surface area contributed by atoms with E-state index in [1.807, 2.05) is 18.2 Å². The predicted octanol–water partition coefficient (Wildman–Crippen LogP) is 2.38. The topological polar surface area (TPSA) is 69.0 Å². The van der Waals surface area contributed by atoms with E-state index in [4.69, 9.17) is 11.6 Å². The van der Waals surface area contributed by atoms with Gasteiger partial charge in [0, 0.05) is 6.04 Å². The summed E-state index contributed by atoms with van der Waals surface area (Å²) in [5.74, 6) is -0.582. The molecule has 0 bridgehead atoms. The molecular formula is C14H17ClN4O2. The Balaban J connectivity index is 2.28. The SMILES string of the molecule is CCNC(C)c1ccc(-n2cnc(C(=O)OC)n2)c(Cl)c1. The molecule has 7 heteroatoms. The van der Waals surface area contributed by atoms with Crippen molar-refractivity contribution in [2.75, 3.05) is 13.7 Å². The highest BCUT2D eigenvalue weighted by molar-refractivity contribution is 6.32. The van der Waals surface area contributed by atoms with Crippen LogP contribution in [0.2, 0.25) is 5.02 Å². The lowest BCUT2D eigenvalue weighted by atomic mass is 10.1. The number of rotatable bonds is 5. The molecule has 21 heavy (non-hydrogen) atoms. The number of hydrogen-bond acceptors (Lipinski definition) is 5. The Kier molecular flexibility index (Phi) is 4.93. The number of methoxy groups -OCH3 is 1. The zero-order chi connectivity index (χ0) is 15.4. The van der Waals surface area contributed by atoms with Crippen molar-refractivity contribution < 1.29 is 9.53 Å². The molecule has 0 saturated heterocycles. The summed E-state index contributed by atoms with van der Waals surface area (Å²) in [6.45, 7) is 5.00. The van der Waals surface area contributed by atoms with Crippen molar-refractivity contribution in [1.29, 1.82) is 0 Å². The van der Waals surface area contributed by atoms with Crippen molar-refractivity contribution in [3.8, 4) is 5.69 Å². The van der Waals surface area contributed by atoms with Gasteiger partial charge in [-0.3, -0.25) is 0 Å². The van der Waals surface area contributed by atoms with Crippen molar-refractivity contribution in [1.82, 2.24) is 20.1 Å². The van der Waals surface area contributed by atoms with Crippen LogP contribution in [0.15, 0.2) is 24.5 Å². The van der Waals surface area contributed by atoms with Crippen LogP contribution >= 0.6 is 11.6 Å². The molecule has 1 heterocycles. The second-order valence-electron chi connectivity index (χ2n) is 4.49. The Morgan fingerprint density at radius 1 is 1.52 bits per heavy atom. The van der Waals surface area contributed by atoms with Gasteiger partial charge in [0.2, 0.25) is 0 Å². The Morgan fingerprint density at radius 3 is 2.90 bits per heavy atom. The highest BCUT2D eigenvalue weighted by Crippen LogP contribution is 2.24. The molecule has 1 atom stereocenters. The van der Waals surface area contributed by atoms with E-state index in [1.165, 1.54) is 18.1 Å². The second-order valence-corrected chi connectivity index (χ2v) is 4.90. The number of carbonyl (C=O) groups excluding carboxylic acids is 1. The highest BCUT2D eigenvalue weighted by atomic mass is 35.5. The maximum absolute atomic E-state index is 11.4. The van der Waals surface area contributed by atoms with Crippen LogP contribution in [0.5, 0.6) is 0 Å². The van der Waals surface area contributed by atoms with Crippen molar-refractivity contribution in [3.63, 3.8) is 0 Å². The molecule has 2 aromatic rings. The van der Waals surface area contributed by atoms with Crippen molar-refractivity contribution in [2.45, 2.75) is 19.9 Å². The first kappa shape index (κ1) is 15.5. The lowest BCUT2D eigenvalue weighted by molar-refractivity contribution is 0.0587. The van der Waals surface area contributed by atoms with Crippen LogP contribution in [-0.2, 0) is 4.74 Å². The van der Waals surface area contributed by atoms with Gasteiger partial charge in [-0.2, -0.15) is 0 Å². The van der Waals surface area contributed by atoms with Gasteiger partial charge in [-0.1, -0.05) is 24.6 Å². The van der Waals surface area contributed by atoms with Crippen LogP contribution < -0.4 is 5.32 Å². The number of hydrogen-bond donors (Lipinski definition) is 1. The number of halogens is 1. The molecular weight excluding hydrogens is 292 g/mol. The summed E-state index contributed by atoms with van der Waals surface area (Å²) in [4.78, 5) is 15.3. The van der Waals surface area contributed by atoms with Gasteiger partial charge in [-0.15, -0.1) is 5.10 Å². The van der Waals surface area contributed by atoms with E-state index < -0.39 is 5.97 Å². The molecule has 112 valence electrons. The largest absolute Gasteiger partial charge is 0.463 e. The normalized spacial score (nSPS) is 12.2. The smallest absolute Gasteiger partial charge is 0.377 e. The Bertz CT molecular complexity index is 642. The highest BCUT2D eigenvalue weighted by Gasteiger charge is 2.14. The average Bonchev–Trinajstić information content (AvgIpc) is 2.96. The summed E-state index contributed by atoms with van der Waals surface area (Å²) in [5.41, 5.74) is 1.74. The molecule has 1 aromatic carbocycles. The molecule has 1 unspecified atom stereocenters. The van der Waals surface area contributed by atoms with E-state index >= 15 is 0 Å². The third-order valence-corrected chi connectivity index (χ3v) is 3.39. The van der Waals surface area contributed by atoms with Crippen LogP contribution in [-0.4, -0.2) is 34.4 Å². The van der Waals surface area contributed by atoms with Gasteiger partial charge in [-0.25, -0.2) is 14.5 Å². The molecule has 2 rings (SSSR count). The molecule has 0 spiro atoms. The minimum absolute atomic E-state index is 0.00124. The quantitative estimate of drug-likeness (QED) is 0.859. The second kappa shape index (κ2) is 6.69. The first-order chi connectivity index (χ1) is 10.1. The number of esters is 1. The molecule has 1 N–H and O–H groups in total. The first-order valence-corrected chi connectivity index (χ1v) is 6.97. The van der Waals surface area contributed by atoms with Crippen LogP contribution in [0, 0.1) is 0 Å². The summed E-state index contributed by atoms with van der Waals surface area (Å²) in [7, 11) is 1.28. The standard InChI is InChI=1S/C14H17ClN4O2/c1-4-16-9(2)10-5-6-12(11(15)7-10)19-8-17-13(18-19)14(20)21-3/h5-9,16H,4H2,1-3H3. The van der Waals surface area contributed by atoms with E-state index in [2.05, 4.69) is 34.0 Å². The van der Waals surface area contributed by atoms with Gasteiger partial charge in [-0.05, 0) is 31.2 Å². The molecule has 0 amide bonds. The molecule has 6 nitrogen and oxygen atoms in total. The summed E-state index contributed by atoms with van der Waals surface area (Å²) in [6.07, 6.45) is 1.43. The van der Waals surface area contributed by atoms with Crippen LogP contribution in [0.4, 0.5) is 0 Å². The zero-order valence-corrected chi connectivity index (χ0v) is 12.9. The molecule has 0 aliphatic carbocycles. The third-order valence-electron chi connectivity index (χ3n) is 3.09. The minimum Gasteiger partial charge on any atom is -0.463 e. The maximum atomic E-state index is 11.4. The maximum Gasteiger partial charge on any atom is 0.377 e. The predicted molar refractivity (Wildman–Crippen MR) is 79.8 cm³/mol. The molecule has 0 aliphatic rings.